The van der Waals surface area contributed by atoms with Crippen LogP contribution in [0.15, 0.2) is 48.1 Å². The lowest BCUT2D eigenvalue weighted by atomic mass is 9.53. The first-order valence-corrected chi connectivity index (χ1v) is 5.82. The van der Waals surface area contributed by atoms with Crippen molar-refractivity contribution in [3.05, 3.63) is 59.2 Å². The Morgan fingerprint density at radius 3 is 2.33 bits per heavy atom. The molecule has 0 fully saturated rings. The van der Waals surface area contributed by atoms with E-state index < -0.39 is 0 Å². The van der Waals surface area contributed by atoms with Crippen molar-refractivity contribution in [3.63, 3.8) is 0 Å². The van der Waals surface area contributed by atoms with Crippen molar-refractivity contribution < 1.29 is 0 Å². The highest BCUT2D eigenvalue weighted by Gasteiger charge is 2.47. The fourth-order valence-corrected chi connectivity index (χ4v) is 3.77. The SMILES string of the molecule is CC1=C[C@H]2[C@H]1[C@@H]1C=C[C@@H]2c2ccccc21. The molecule has 1 aromatic rings. The monoisotopic (exact) mass is 194 g/mol. The minimum atomic E-state index is 0.667. The topological polar surface area (TPSA) is 0 Å². The van der Waals surface area contributed by atoms with Gasteiger partial charge in [0.05, 0.1) is 0 Å². The Morgan fingerprint density at radius 2 is 1.60 bits per heavy atom. The van der Waals surface area contributed by atoms with Crippen LogP contribution in [0.4, 0.5) is 0 Å². The fourth-order valence-electron chi connectivity index (χ4n) is 3.77. The number of benzene rings is 1. The largest absolute Gasteiger partial charge is 0.0806 e. The van der Waals surface area contributed by atoms with Gasteiger partial charge in [0.15, 0.2) is 0 Å². The Labute approximate surface area is 90.3 Å². The summed E-state index contributed by atoms with van der Waals surface area (Å²) in [6.45, 7) is 2.29. The summed E-state index contributed by atoms with van der Waals surface area (Å²) in [5.41, 5.74) is 4.77. The van der Waals surface area contributed by atoms with E-state index in [0.717, 1.165) is 11.8 Å². The summed E-state index contributed by atoms with van der Waals surface area (Å²) >= 11 is 0. The minimum absolute atomic E-state index is 0.667. The second kappa shape index (κ2) is 2.44. The molecule has 0 N–H and O–H groups in total. The summed E-state index contributed by atoms with van der Waals surface area (Å²) in [5, 5.41) is 0. The van der Waals surface area contributed by atoms with Gasteiger partial charge >= 0.3 is 0 Å². The molecule has 15 heavy (non-hydrogen) atoms. The maximum Gasteiger partial charge on any atom is 0.00925 e. The van der Waals surface area contributed by atoms with Crippen LogP contribution in [0.3, 0.4) is 0 Å². The van der Waals surface area contributed by atoms with Crippen molar-refractivity contribution in [1.82, 2.24) is 0 Å². The molecule has 0 amide bonds. The first-order valence-electron chi connectivity index (χ1n) is 5.82. The molecule has 0 unspecified atom stereocenters. The summed E-state index contributed by atoms with van der Waals surface area (Å²) in [5.74, 6) is 2.95. The predicted octanol–water partition coefficient (Wildman–Crippen LogP) is 3.63. The highest BCUT2D eigenvalue weighted by molar-refractivity contribution is 5.51. The molecule has 0 heterocycles. The highest BCUT2D eigenvalue weighted by Crippen LogP contribution is 2.59. The average molecular weight is 194 g/mol. The van der Waals surface area contributed by atoms with E-state index in [4.69, 9.17) is 0 Å². The van der Waals surface area contributed by atoms with Gasteiger partial charge in [0.1, 0.15) is 0 Å². The molecule has 0 spiro atoms. The third kappa shape index (κ3) is 0.797. The van der Waals surface area contributed by atoms with E-state index in [1.54, 1.807) is 16.7 Å². The van der Waals surface area contributed by atoms with E-state index >= 15 is 0 Å². The van der Waals surface area contributed by atoms with Crippen molar-refractivity contribution in [2.24, 2.45) is 11.8 Å². The van der Waals surface area contributed by atoms with Crippen molar-refractivity contribution in [2.45, 2.75) is 18.8 Å². The van der Waals surface area contributed by atoms with Crippen molar-refractivity contribution >= 4 is 0 Å². The Balaban J connectivity index is 1.96. The van der Waals surface area contributed by atoms with Crippen molar-refractivity contribution in [3.8, 4) is 0 Å². The predicted molar refractivity (Wildman–Crippen MR) is 61.8 cm³/mol. The molecule has 0 nitrogen and oxygen atoms in total. The van der Waals surface area contributed by atoms with E-state index in [1.165, 1.54) is 0 Å². The van der Waals surface area contributed by atoms with Crippen LogP contribution >= 0.6 is 0 Å². The third-order valence-corrected chi connectivity index (χ3v) is 4.44. The van der Waals surface area contributed by atoms with Crippen LogP contribution in [0.5, 0.6) is 0 Å². The van der Waals surface area contributed by atoms with Gasteiger partial charge in [-0.1, -0.05) is 48.1 Å². The molecule has 0 saturated carbocycles. The summed E-state index contributed by atoms with van der Waals surface area (Å²) in [6.07, 6.45) is 7.34. The van der Waals surface area contributed by atoms with Gasteiger partial charge in [-0.3, -0.25) is 0 Å². The van der Waals surface area contributed by atoms with Gasteiger partial charge in [0.2, 0.25) is 0 Å². The zero-order valence-corrected chi connectivity index (χ0v) is 8.85. The van der Waals surface area contributed by atoms with Gasteiger partial charge in [-0.15, -0.1) is 0 Å². The van der Waals surface area contributed by atoms with Crippen LogP contribution in [-0.4, -0.2) is 0 Å². The lowest BCUT2D eigenvalue weighted by Gasteiger charge is -2.51. The molecule has 74 valence electrons. The fraction of sp³-hybridized carbons (Fsp3) is 0.333. The number of rotatable bonds is 0. The molecule has 0 aliphatic heterocycles. The van der Waals surface area contributed by atoms with E-state index in [9.17, 15) is 0 Å². The molecule has 0 aromatic heterocycles. The van der Waals surface area contributed by atoms with E-state index in [2.05, 4.69) is 49.4 Å². The second-order valence-corrected chi connectivity index (χ2v) is 5.08. The van der Waals surface area contributed by atoms with Crippen LogP contribution in [0.1, 0.15) is 29.9 Å². The van der Waals surface area contributed by atoms with E-state index in [-0.39, 0.29) is 0 Å². The smallest absolute Gasteiger partial charge is 0.00925 e. The van der Waals surface area contributed by atoms with Crippen LogP contribution < -0.4 is 0 Å². The summed E-state index contributed by atoms with van der Waals surface area (Å²) in [4.78, 5) is 0. The molecule has 0 radical (unpaired) electrons. The minimum Gasteiger partial charge on any atom is -0.0806 e. The van der Waals surface area contributed by atoms with Crippen LogP contribution in [0.2, 0.25) is 0 Å². The number of hydrogen-bond donors (Lipinski definition) is 0. The average Bonchev–Trinajstić information content (AvgIpc) is 2.27. The summed E-state index contributed by atoms with van der Waals surface area (Å²) in [7, 11) is 0. The molecule has 0 heteroatoms. The first-order chi connectivity index (χ1) is 7.36. The molecule has 4 atom stereocenters. The molecule has 0 saturated heterocycles. The molecule has 4 aliphatic carbocycles. The molecular formula is C15H14. The van der Waals surface area contributed by atoms with E-state index in [0.29, 0.717) is 11.8 Å². The lowest BCUT2D eigenvalue weighted by molar-refractivity contribution is 0.294. The molecule has 2 bridgehead atoms. The van der Waals surface area contributed by atoms with Gasteiger partial charge in [-0.25, -0.2) is 0 Å². The highest BCUT2D eigenvalue weighted by atomic mass is 14.5. The Hall–Kier alpha value is -1.30. The van der Waals surface area contributed by atoms with Gasteiger partial charge in [-0.2, -0.15) is 0 Å². The number of allylic oxidation sites excluding steroid dienone is 4. The van der Waals surface area contributed by atoms with Crippen LogP contribution in [0, 0.1) is 11.8 Å². The standard InChI is InChI=1S/C15H14/c1-9-8-14-12-6-7-13(15(9)14)11-5-3-2-4-10(11)12/h2-8,12-15H,1H3/t12-,13-,14-,15-/m1/s1. The van der Waals surface area contributed by atoms with Crippen molar-refractivity contribution in [2.75, 3.05) is 0 Å². The molecule has 1 aromatic carbocycles. The maximum absolute atomic E-state index is 2.47. The Bertz CT molecular complexity index is 493. The number of hydrogen-bond acceptors (Lipinski definition) is 0. The molecular weight excluding hydrogens is 180 g/mol. The zero-order chi connectivity index (χ0) is 9.99. The zero-order valence-electron chi connectivity index (χ0n) is 8.85. The molecule has 4 aliphatic rings. The first kappa shape index (κ1) is 7.92. The van der Waals surface area contributed by atoms with Crippen molar-refractivity contribution in [1.29, 1.82) is 0 Å². The summed E-state index contributed by atoms with van der Waals surface area (Å²) < 4.78 is 0. The van der Waals surface area contributed by atoms with E-state index in [1.807, 2.05) is 0 Å². The quantitative estimate of drug-likeness (QED) is 0.553. The maximum atomic E-state index is 2.47. The lowest BCUT2D eigenvalue weighted by Crippen LogP contribution is -2.40. The van der Waals surface area contributed by atoms with Gasteiger partial charge < -0.3 is 0 Å². The Kier molecular flexibility index (Phi) is 1.29. The van der Waals surface area contributed by atoms with Gasteiger partial charge in [0, 0.05) is 11.8 Å². The molecule has 5 rings (SSSR count). The van der Waals surface area contributed by atoms with Crippen LogP contribution in [-0.2, 0) is 0 Å². The Morgan fingerprint density at radius 1 is 0.933 bits per heavy atom. The normalized spacial score (nSPS) is 39.1. The summed E-state index contributed by atoms with van der Waals surface area (Å²) in [6, 6.07) is 8.99. The second-order valence-electron chi connectivity index (χ2n) is 5.08. The van der Waals surface area contributed by atoms with Gasteiger partial charge in [0.25, 0.3) is 0 Å². The van der Waals surface area contributed by atoms with Gasteiger partial charge in [-0.05, 0) is 29.9 Å². The van der Waals surface area contributed by atoms with Crippen LogP contribution in [0.25, 0.3) is 0 Å². The third-order valence-electron chi connectivity index (χ3n) is 4.44.